The second-order valence-corrected chi connectivity index (χ2v) is 6.30. The number of aldehydes is 1. The van der Waals surface area contributed by atoms with Gasteiger partial charge in [-0.15, -0.1) is 0 Å². The number of carbonyl (C=O) groups excluding carboxylic acids is 1. The smallest absolute Gasteiger partial charge is 0.155 e. The van der Waals surface area contributed by atoms with Crippen LogP contribution in [0, 0.1) is 11.2 Å². The molecule has 0 radical (unpaired) electrons. The third-order valence-electron chi connectivity index (χ3n) is 4.38. The van der Waals surface area contributed by atoms with Crippen LogP contribution in [0.2, 0.25) is 0 Å². The molecule has 104 valence electrons. The van der Waals surface area contributed by atoms with Crippen LogP contribution in [-0.2, 0) is 0 Å². The third kappa shape index (κ3) is 2.96. The van der Waals surface area contributed by atoms with Crippen molar-refractivity contribution in [1.82, 2.24) is 0 Å². The van der Waals surface area contributed by atoms with E-state index in [1.165, 1.54) is 18.9 Å². The first kappa shape index (κ1) is 14.0. The van der Waals surface area contributed by atoms with Crippen LogP contribution in [0.25, 0.3) is 0 Å². The van der Waals surface area contributed by atoms with E-state index in [-0.39, 0.29) is 5.56 Å². The maximum Gasteiger partial charge on any atom is 0.155 e. The summed E-state index contributed by atoms with van der Waals surface area (Å²) in [5.74, 6) is -0.435. The molecule has 0 aliphatic heterocycles. The molecule has 0 aromatic heterocycles. The van der Waals surface area contributed by atoms with Crippen molar-refractivity contribution in [2.75, 3.05) is 11.9 Å². The van der Waals surface area contributed by atoms with Gasteiger partial charge in [0.1, 0.15) is 5.82 Å². The van der Waals surface area contributed by atoms with Crippen molar-refractivity contribution in [1.29, 1.82) is 0 Å². The highest BCUT2D eigenvalue weighted by Gasteiger charge is 2.29. The summed E-state index contributed by atoms with van der Waals surface area (Å²) in [5, 5.41) is 0. The average molecular weight is 263 g/mol. The van der Waals surface area contributed by atoms with Crippen molar-refractivity contribution in [3.8, 4) is 0 Å². The van der Waals surface area contributed by atoms with Crippen LogP contribution in [0.4, 0.5) is 10.1 Å². The lowest BCUT2D eigenvalue weighted by molar-refractivity contribution is 0.112. The Bertz CT molecular complexity index is 460. The van der Waals surface area contributed by atoms with E-state index in [2.05, 4.69) is 18.7 Å². The fourth-order valence-corrected chi connectivity index (χ4v) is 2.92. The van der Waals surface area contributed by atoms with Gasteiger partial charge >= 0.3 is 0 Å². The molecule has 0 spiro atoms. The first-order valence-electron chi connectivity index (χ1n) is 6.91. The highest BCUT2D eigenvalue weighted by molar-refractivity contribution is 5.85. The number of halogens is 1. The molecular formula is C16H22FNO. The summed E-state index contributed by atoms with van der Waals surface area (Å²) >= 11 is 0. The Kier molecular flexibility index (Phi) is 3.93. The first-order valence-corrected chi connectivity index (χ1v) is 6.91. The molecule has 1 aromatic rings. The monoisotopic (exact) mass is 263 g/mol. The molecular weight excluding hydrogens is 241 g/mol. The summed E-state index contributed by atoms with van der Waals surface area (Å²) in [6.07, 6.45) is 5.16. The number of hydrogen-bond acceptors (Lipinski definition) is 2. The summed E-state index contributed by atoms with van der Waals surface area (Å²) < 4.78 is 13.6. The van der Waals surface area contributed by atoms with E-state index in [1.807, 2.05) is 13.1 Å². The summed E-state index contributed by atoms with van der Waals surface area (Å²) in [6, 6.07) is 5.23. The number of rotatable bonds is 3. The molecule has 0 atom stereocenters. The van der Waals surface area contributed by atoms with Gasteiger partial charge in [0.15, 0.2) is 6.29 Å². The molecule has 1 aromatic carbocycles. The summed E-state index contributed by atoms with van der Waals surface area (Å²) in [7, 11) is 1.96. The average Bonchev–Trinajstić information content (AvgIpc) is 2.37. The Morgan fingerprint density at radius 2 is 1.95 bits per heavy atom. The molecule has 1 aliphatic carbocycles. The second kappa shape index (κ2) is 5.32. The van der Waals surface area contributed by atoms with Crippen LogP contribution in [0.15, 0.2) is 18.2 Å². The number of carbonyl (C=O) groups is 1. The maximum absolute atomic E-state index is 13.6. The van der Waals surface area contributed by atoms with Crippen molar-refractivity contribution >= 4 is 12.0 Å². The molecule has 3 heteroatoms. The second-order valence-electron chi connectivity index (χ2n) is 6.30. The topological polar surface area (TPSA) is 20.3 Å². The molecule has 0 unspecified atom stereocenters. The van der Waals surface area contributed by atoms with E-state index in [9.17, 15) is 9.18 Å². The van der Waals surface area contributed by atoms with E-state index in [1.54, 1.807) is 6.07 Å². The SMILES string of the molecule is CN(c1cccc(F)c1C=O)C1CCC(C)(C)CC1. The molecule has 2 nitrogen and oxygen atoms in total. The lowest BCUT2D eigenvalue weighted by Gasteiger charge is -2.39. The molecule has 1 fully saturated rings. The lowest BCUT2D eigenvalue weighted by atomic mass is 9.75. The van der Waals surface area contributed by atoms with Gasteiger partial charge < -0.3 is 4.90 Å². The van der Waals surface area contributed by atoms with Crippen LogP contribution in [0.5, 0.6) is 0 Å². The lowest BCUT2D eigenvalue weighted by Crippen LogP contribution is -2.37. The zero-order valence-electron chi connectivity index (χ0n) is 11.9. The third-order valence-corrected chi connectivity index (χ3v) is 4.38. The van der Waals surface area contributed by atoms with Crippen LogP contribution in [-0.4, -0.2) is 19.4 Å². The fraction of sp³-hybridized carbons (Fsp3) is 0.562. The number of anilines is 1. The van der Waals surface area contributed by atoms with E-state index >= 15 is 0 Å². The van der Waals surface area contributed by atoms with E-state index in [0.29, 0.717) is 23.4 Å². The number of hydrogen-bond donors (Lipinski definition) is 0. The molecule has 1 saturated carbocycles. The van der Waals surface area contributed by atoms with Gasteiger partial charge in [0.05, 0.1) is 11.3 Å². The quantitative estimate of drug-likeness (QED) is 0.767. The van der Waals surface area contributed by atoms with Gasteiger partial charge in [0, 0.05) is 13.1 Å². The number of nitrogens with zero attached hydrogens (tertiary/aromatic N) is 1. The highest BCUT2D eigenvalue weighted by atomic mass is 19.1. The fourth-order valence-electron chi connectivity index (χ4n) is 2.92. The molecule has 0 N–H and O–H groups in total. The minimum absolute atomic E-state index is 0.176. The predicted molar refractivity (Wildman–Crippen MR) is 76.2 cm³/mol. The van der Waals surface area contributed by atoms with Crippen molar-refractivity contribution in [3.63, 3.8) is 0 Å². The molecule has 0 heterocycles. The van der Waals surface area contributed by atoms with Crippen LogP contribution >= 0.6 is 0 Å². The van der Waals surface area contributed by atoms with Crippen molar-refractivity contribution in [3.05, 3.63) is 29.6 Å². The Morgan fingerprint density at radius 3 is 2.53 bits per heavy atom. The van der Waals surface area contributed by atoms with Crippen LogP contribution in [0.1, 0.15) is 49.9 Å². The Hall–Kier alpha value is -1.38. The van der Waals surface area contributed by atoms with E-state index in [4.69, 9.17) is 0 Å². The summed E-state index contributed by atoms with van der Waals surface area (Å²) in [6.45, 7) is 4.59. The van der Waals surface area contributed by atoms with Crippen LogP contribution in [0.3, 0.4) is 0 Å². The largest absolute Gasteiger partial charge is 0.371 e. The molecule has 1 aliphatic rings. The predicted octanol–water partition coefficient (Wildman–Crippen LogP) is 4.04. The highest BCUT2D eigenvalue weighted by Crippen LogP contribution is 2.38. The van der Waals surface area contributed by atoms with Crippen molar-refractivity contribution in [2.24, 2.45) is 5.41 Å². The van der Waals surface area contributed by atoms with Gasteiger partial charge in [0.2, 0.25) is 0 Å². The number of benzene rings is 1. The minimum Gasteiger partial charge on any atom is -0.371 e. The van der Waals surface area contributed by atoms with Crippen molar-refractivity contribution < 1.29 is 9.18 Å². The Balaban J connectivity index is 2.19. The van der Waals surface area contributed by atoms with Gasteiger partial charge in [-0.05, 0) is 43.2 Å². The van der Waals surface area contributed by atoms with E-state index in [0.717, 1.165) is 12.8 Å². The summed E-state index contributed by atoms with van der Waals surface area (Å²) in [4.78, 5) is 13.1. The Labute approximate surface area is 114 Å². The molecule has 0 saturated heterocycles. The van der Waals surface area contributed by atoms with Gasteiger partial charge in [0.25, 0.3) is 0 Å². The van der Waals surface area contributed by atoms with E-state index < -0.39 is 5.82 Å². The van der Waals surface area contributed by atoms with Gasteiger partial charge in [-0.3, -0.25) is 4.79 Å². The van der Waals surface area contributed by atoms with Gasteiger partial charge in [-0.2, -0.15) is 0 Å². The zero-order valence-corrected chi connectivity index (χ0v) is 11.9. The van der Waals surface area contributed by atoms with Gasteiger partial charge in [-0.1, -0.05) is 19.9 Å². The normalized spacial score (nSPS) is 19.2. The minimum atomic E-state index is -0.435. The molecule has 2 rings (SSSR count). The standard InChI is InChI=1S/C16H22FNO/c1-16(2)9-7-12(8-10-16)18(3)15-6-4-5-14(17)13(15)11-19/h4-6,11-12H,7-10H2,1-3H3. The molecule has 0 bridgehead atoms. The van der Waals surface area contributed by atoms with Gasteiger partial charge in [-0.25, -0.2) is 4.39 Å². The first-order chi connectivity index (χ1) is 8.94. The summed E-state index contributed by atoms with van der Waals surface area (Å²) in [5.41, 5.74) is 1.29. The Morgan fingerprint density at radius 1 is 1.32 bits per heavy atom. The molecule has 0 amide bonds. The van der Waals surface area contributed by atoms with Crippen LogP contribution < -0.4 is 4.90 Å². The zero-order chi connectivity index (χ0) is 14.0. The maximum atomic E-state index is 13.6. The van der Waals surface area contributed by atoms with Crippen molar-refractivity contribution in [2.45, 2.75) is 45.6 Å². The molecule has 19 heavy (non-hydrogen) atoms.